The van der Waals surface area contributed by atoms with E-state index in [-0.39, 0.29) is 18.8 Å². The molecule has 0 bridgehead atoms. The van der Waals surface area contributed by atoms with Crippen molar-refractivity contribution in [1.82, 2.24) is 30.5 Å². The minimum absolute atomic E-state index is 0.0261. The molecule has 0 spiro atoms. The van der Waals surface area contributed by atoms with Gasteiger partial charge >= 0.3 is 6.03 Å². The Hall–Kier alpha value is -3.04. The maximum atomic E-state index is 13.9. The molecule has 8 nitrogen and oxygen atoms in total. The summed E-state index contributed by atoms with van der Waals surface area (Å²) in [5.74, 6) is -3.39. The number of nitrogens with one attached hydrogen (secondary N) is 2. The molecule has 2 aromatic rings. The highest BCUT2D eigenvalue weighted by atomic mass is 19.3. The molecule has 2 heterocycles. The molecule has 0 aliphatic carbocycles. The number of rotatable bonds is 5. The third-order valence-corrected chi connectivity index (χ3v) is 4.32. The van der Waals surface area contributed by atoms with E-state index >= 15 is 0 Å². The zero-order chi connectivity index (χ0) is 19.4. The first kappa shape index (κ1) is 18.7. The average Bonchev–Trinajstić information content (AvgIpc) is 3.24. The van der Waals surface area contributed by atoms with Crippen molar-refractivity contribution in [2.45, 2.75) is 31.5 Å². The molecule has 2 N–H and O–H groups in total. The van der Waals surface area contributed by atoms with Gasteiger partial charge in [-0.3, -0.25) is 4.79 Å². The van der Waals surface area contributed by atoms with Gasteiger partial charge in [-0.25, -0.2) is 18.3 Å². The second-order valence-corrected chi connectivity index (χ2v) is 6.39. The fourth-order valence-electron chi connectivity index (χ4n) is 3.01. The normalized spacial score (nSPS) is 18.3. The topological polar surface area (TPSA) is 92.2 Å². The summed E-state index contributed by atoms with van der Waals surface area (Å²) in [6.07, 6.45) is 0.899. The summed E-state index contributed by atoms with van der Waals surface area (Å²) in [7, 11) is 1.46. The van der Waals surface area contributed by atoms with E-state index in [1.807, 2.05) is 30.3 Å². The third-order valence-electron chi connectivity index (χ3n) is 4.32. The number of halogens is 2. The molecule has 0 saturated carbocycles. The highest BCUT2D eigenvalue weighted by Gasteiger charge is 2.47. The second kappa shape index (κ2) is 7.68. The predicted octanol–water partition coefficient (Wildman–Crippen LogP) is 1.26. The predicted molar refractivity (Wildman–Crippen MR) is 92.1 cm³/mol. The minimum atomic E-state index is -2.97. The van der Waals surface area contributed by atoms with Crippen molar-refractivity contribution >= 4 is 11.9 Å². The second-order valence-electron chi connectivity index (χ2n) is 6.39. The van der Waals surface area contributed by atoms with Crippen LogP contribution in [0.1, 0.15) is 22.5 Å². The quantitative estimate of drug-likeness (QED) is 0.819. The summed E-state index contributed by atoms with van der Waals surface area (Å²) in [5, 5.41) is 12.6. The first-order valence-corrected chi connectivity index (χ1v) is 8.46. The number of alkyl halides is 2. The Morgan fingerprint density at radius 1 is 1.30 bits per heavy atom. The number of likely N-dealkylation sites (tertiary alicyclic amines) is 1. The number of urea groups is 1. The van der Waals surface area contributed by atoms with Crippen molar-refractivity contribution in [2.75, 3.05) is 13.6 Å². The molecule has 1 fully saturated rings. The number of carbonyl (C=O) groups excluding carboxylic acids is 2. The van der Waals surface area contributed by atoms with Crippen LogP contribution in [0.2, 0.25) is 0 Å². The Morgan fingerprint density at radius 2 is 2.04 bits per heavy atom. The Morgan fingerprint density at radius 3 is 2.74 bits per heavy atom. The van der Waals surface area contributed by atoms with Crippen LogP contribution >= 0.6 is 0 Å². The lowest BCUT2D eigenvalue weighted by Gasteiger charge is -2.24. The number of amides is 3. The minimum Gasteiger partial charge on any atom is -0.354 e. The summed E-state index contributed by atoms with van der Waals surface area (Å²) in [5.41, 5.74) is 0.960. The first-order chi connectivity index (χ1) is 12.9. The number of aromatic nitrogens is 3. The van der Waals surface area contributed by atoms with Gasteiger partial charge in [0.1, 0.15) is 0 Å². The Balaban J connectivity index is 1.66. The van der Waals surface area contributed by atoms with Gasteiger partial charge in [0.25, 0.3) is 11.8 Å². The van der Waals surface area contributed by atoms with E-state index in [2.05, 4.69) is 20.9 Å². The molecule has 1 atom stereocenters. The fourth-order valence-corrected chi connectivity index (χ4v) is 3.01. The summed E-state index contributed by atoms with van der Waals surface area (Å²) >= 11 is 0. The molecule has 144 valence electrons. The molecule has 10 heteroatoms. The van der Waals surface area contributed by atoms with Crippen molar-refractivity contribution in [2.24, 2.45) is 0 Å². The van der Waals surface area contributed by atoms with Gasteiger partial charge in [0.05, 0.1) is 25.3 Å². The zero-order valence-corrected chi connectivity index (χ0v) is 14.7. The molecule has 1 aliphatic heterocycles. The van der Waals surface area contributed by atoms with Crippen LogP contribution in [-0.2, 0) is 13.1 Å². The Kier molecular flexibility index (Phi) is 5.33. The van der Waals surface area contributed by atoms with E-state index in [0.29, 0.717) is 0 Å². The van der Waals surface area contributed by atoms with Crippen molar-refractivity contribution in [3.63, 3.8) is 0 Å². The molecular formula is C17H20F2N6O2. The highest BCUT2D eigenvalue weighted by molar-refractivity contribution is 5.91. The average molecular weight is 378 g/mol. The van der Waals surface area contributed by atoms with Gasteiger partial charge in [0, 0.05) is 20.0 Å². The Bertz CT molecular complexity index is 811. The molecule has 0 unspecified atom stereocenters. The van der Waals surface area contributed by atoms with Crippen LogP contribution in [0.4, 0.5) is 13.6 Å². The van der Waals surface area contributed by atoms with Gasteiger partial charge < -0.3 is 15.5 Å². The lowest BCUT2D eigenvalue weighted by Crippen LogP contribution is -2.44. The lowest BCUT2D eigenvalue weighted by atomic mass is 10.2. The summed E-state index contributed by atoms with van der Waals surface area (Å²) in [6.45, 7) is -0.383. The maximum Gasteiger partial charge on any atom is 0.318 e. The summed E-state index contributed by atoms with van der Waals surface area (Å²) in [6, 6.07) is 7.89. The monoisotopic (exact) mass is 378 g/mol. The summed E-state index contributed by atoms with van der Waals surface area (Å²) < 4.78 is 29.2. The number of benzene rings is 1. The Labute approximate surface area is 154 Å². The van der Waals surface area contributed by atoms with Crippen molar-refractivity contribution < 1.29 is 18.4 Å². The van der Waals surface area contributed by atoms with Gasteiger partial charge in [0.2, 0.25) is 0 Å². The van der Waals surface area contributed by atoms with Crippen LogP contribution in [0.3, 0.4) is 0 Å². The van der Waals surface area contributed by atoms with Gasteiger partial charge in [0.15, 0.2) is 5.69 Å². The highest BCUT2D eigenvalue weighted by Crippen LogP contribution is 2.32. The lowest BCUT2D eigenvalue weighted by molar-refractivity contribution is 0.0145. The van der Waals surface area contributed by atoms with Crippen molar-refractivity contribution in [3.8, 4) is 0 Å². The van der Waals surface area contributed by atoms with Crippen molar-refractivity contribution in [1.29, 1.82) is 0 Å². The van der Waals surface area contributed by atoms with Crippen LogP contribution in [0.25, 0.3) is 0 Å². The van der Waals surface area contributed by atoms with Gasteiger partial charge in [-0.2, -0.15) is 0 Å². The summed E-state index contributed by atoms with van der Waals surface area (Å²) in [4.78, 5) is 25.1. The first-order valence-electron chi connectivity index (χ1n) is 8.46. The number of hydrogen-bond acceptors (Lipinski definition) is 4. The number of nitrogens with zero attached hydrogens (tertiary/aromatic N) is 4. The van der Waals surface area contributed by atoms with Gasteiger partial charge in [-0.05, 0) is 5.56 Å². The largest absolute Gasteiger partial charge is 0.354 e. The van der Waals surface area contributed by atoms with Crippen molar-refractivity contribution in [3.05, 3.63) is 47.8 Å². The number of hydrogen-bond donors (Lipinski definition) is 2. The fraction of sp³-hybridized carbons (Fsp3) is 0.412. The molecule has 1 aromatic heterocycles. The van der Waals surface area contributed by atoms with E-state index < -0.39 is 36.9 Å². The van der Waals surface area contributed by atoms with Crippen LogP contribution in [0, 0.1) is 0 Å². The molecule has 3 rings (SSSR count). The molecule has 1 saturated heterocycles. The van der Waals surface area contributed by atoms with E-state index in [9.17, 15) is 18.4 Å². The zero-order valence-electron chi connectivity index (χ0n) is 14.7. The SMILES string of the molecule is CNC(=O)c1cn(C[C@@H]2CC(F)(F)CN2C(=O)NCc2ccccc2)nn1. The van der Waals surface area contributed by atoms with Crippen LogP contribution in [0.15, 0.2) is 36.5 Å². The van der Waals surface area contributed by atoms with E-state index in [1.165, 1.54) is 17.9 Å². The van der Waals surface area contributed by atoms with Gasteiger partial charge in [-0.1, -0.05) is 35.5 Å². The maximum absolute atomic E-state index is 13.9. The van der Waals surface area contributed by atoms with E-state index in [0.717, 1.165) is 10.5 Å². The number of carbonyl (C=O) groups is 2. The van der Waals surface area contributed by atoms with Crippen LogP contribution in [0.5, 0.6) is 0 Å². The molecule has 0 radical (unpaired) electrons. The molecule has 3 amide bonds. The smallest absolute Gasteiger partial charge is 0.318 e. The molecule has 1 aliphatic rings. The third kappa shape index (κ3) is 4.57. The van der Waals surface area contributed by atoms with Gasteiger partial charge in [-0.15, -0.1) is 5.10 Å². The molecule has 27 heavy (non-hydrogen) atoms. The van der Waals surface area contributed by atoms with E-state index in [1.54, 1.807) is 0 Å². The molecule has 1 aromatic carbocycles. The van der Waals surface area contributed by atoms with Crippen LogP contribution < -0.4 is 10.6 Å². The van der Waals surface area contributed by atoms with Crippen LogP contribution in [-0.4, -0.2) is 57.4 Å². The van der Waals surface area contributed by atoms with E-state index in [4.69, 9.17) is 0 Å². The standard InChI is InChI=1S/C17H20F2N6O2/c1-20-15(26)14-10-24(23-22-14)9-13-7-17(18,19)11-25(13)16(27)21-8-12-5-3-2-4-6-12/h2-6,10,13H,7-9,11H2,1H3,(H,20,26)(H,21,27)/t13-/m0/s1. The molecular weight excluding hydrogens is 358 g/mol.